The maximum Gasteiger partial charge on any atom is 0.254 e. The third-order valence-electron chi connectivity index (χ3n) is 6.62. The molecule has 1 aliphatic heterocycles. The summed E-state index contributed by atoms with van der Waals surface area (Å²) in [6, 6.07) is 29.5. The fraction of sp³-hybridized carbons (Fsp3) is 0.156. The molecular weight excluding hydrogens is 537 g/mol. The van der Waals surface area contributed by atoms with Gasteiger partial charge in [-0.05, 0) is 60.7 Å². The predicted octanol–water partition coefficient (Wildman–Crippen LogP) is 7.17. The molecular formula is C32H28N4O2S2. The lowest BCUT2D eigenvalue weighted by Gasteiger charge is -2.29. The summed E-state index contributed by atoms with van der Waals surface area (Å²) in [5.74, 6) is -0.900. The first-order valence-corrected chi connectivity index (χ1v) is 14.8. The van der Waals surface area contributed by atoms with Crippen LogP contribution in [0.3, 0.4) is 0 Å². The number of nitriles is 1. The van der Waals surface area contributed by atoms with Gasteiger partial charge in [0, 0.05) is 32.2 Å². The second-order valence-electron chi connectivity index (χ2n) is 9.35. The Morgan fingerprint density at radius 1 is 0.975 bits per heavy atom. The highest BCUT2D eigenvalue weighted by atomic mass is 32.2. The quantitative estimate of drug-likeness (QED) is 0.211. The summed E-state index contributed by atoms with van der Waals surface area (Å²) in [6.45, 7) is 3.91. The van der Waals surface area contributed by atoms with E-state index >= 15 is 0 Å². The molecule has 200 valence electrons. The van der Waals surface area contributed by atoms with E-state index in [1.165, 1.54) is 11.8 Å². The summed E-state index contributed by atoms with van der Waals surface area (Å²) in [7, 11) is 0. The summed E-state index contributed by atoms with van der Waals surface area (Å²) in [5, 5.41) is 21.2. The van der Waals surface area contributed by atoms with Gasteiger partial charge in [-0.15, -0.1) is 11.3 Å². The molecule has 5 rings (SSSR count). The third kappa shape index (κ3) is 5.96. The fourth-order valence-corrected chi connectivity index (χ4v) is 6.76. The minimum absolute atomic E-state index is 0.113. The van der Waals surface area contributed by atoms with Gasteiger partial charge in [0.05, 0.1) is 28.3 Å². The summed E-state index contributed by atoms with van der Waals surface area (Å²) < 4.78 is 1.08. The summed E-state index contributed by atoms with van der Waals surface area (Å²) in [6.07, 6.45) is 0.881. The number of hydrogen-bond donors (Lipinski definition) is 3. The standard InChI is InChI=1S/C32H28N4O2S2/c1-3-21-10-9-14-24(16-21)35-28(37)19-39-32-25(18-33)30(27-17-22-11-7-8-15-26(22)40-27)29(20(2)34-32)31(38)36-23-12-5-4-6-13-23/h4-17,30,34H,3,19H2,1-2H3,(H,35,37)(H,36,38). The minimum Gasteiger partial charge on any atom is -0.353 e. The maximum atomic E-state index is 13.7. The van der Waals surface area contributed by atoms with Crippen LogP contribution >= 0.6 is 23.1 Å². The van der Waals surface area contributed by atoms with Crippen LogP contribution in [0.1, 0.15) is 30.2 Å². The van der Waals surface area contributed by atoms with Crippen molar-refractivity contribution in [2.45, 2.75) is 26.2 Å². The Morgan fingerprint density at radius 3 is 2.48 bits per heavy atom. The Bertz CT molecular complexity index is 1650. The number of hydrogen-bond acceptors (Lipinski definition) is 6. The first kappa shape index (κ1) is 27.3. The number of nitrogens with one attached hydrogen (secondary N) is 3. The summed E-state index contributed by atoms with van der Waals surface area (Å²) in [5.41, 5.74) is 4.11. The molecule has 6 nitrogen and oxygen atoms in total. The molecule has 2 amide bonds. The van der Waals surface area contributed by atoms with E-state index in [1.54, 1.807) is 11.3 Å². The number of rotatable bonds is 8. The van der Waals surface area contributed by atoms with Crippen molar-refractivity contribution < 1.29 is 9.59 Å². The van der Waals surface area contributed by atoms with Gasteiger partial charge in [0.1, 0.15) is 0 Å². The molecule has 40 heavy (non-hydrogen) atoms. The Balaban J connectivity index is 1.46. The van der Waals surface area contributed by atoms with Gasteiger partial charge in [0.2, 0.25) is 5.91 Å². The zero-order valence-electron chi connectivity index (χ0n) is 22.2. The van der Waals surface area contributed by atoms with E-state index < -0.39 is 5.92 Å². The number of dihydropyridines is 1. The van der Waals surface area contributed by atoms with Crippen LogP contribution in [-0.2, 0) is 16.0 Å². The van der Waals surface area contributed by atoms with Gasteiger partial charge in [-0.25, -0.2) is 0 Å². The largest absolute Gasteiger partial charge is 0.353 e. The van der Waals surface area contributed by atoms with Crippen molar-refractivity contribution in [3.05, 3.63) is 117 Å². The van der Waals surface area contributed by atoms with Crippen molar-refractivity contribution in [3.8, 4) is 6.07 Å². The molecule has 2 heterocycles. The molecule has 0 radical (unpaired) electrons. The molecule has 1 unspecified atom stereocenters. The number of para-hydroxylation sites is 1. The van der Waals surface area contributed by atoms with E-state index in [1.807, 2.05) is 91.9 Å². The maximum absolute atomic E-state index is 13.7. The van der Waals surface area contributed by atoms with E-state index in [0.717, 1.165) is 32.6 Å². The average molecular weight is 565 g/mol. The first-order valence-electron chi connectivity index (χ1n) is 12.9. The molecule has 0 saturated heterocycles. The van der Waals surface area contributed by atoms with Crippen LogP contribution in [0.4, 0.5) is 11.4 Å². The van der Waals surface area contributed by atoms with E-state index in [4.69, 9.17) is 0 Å². The van der Waals surface area contributed by atoms with Crippen molar-refractivity contribution in [1.29, 1.82) is 5.26 Å². The normalized spacial score (nSPS) is 15.0. The molecule has 0 fully saturated rings. The predicted molar refractivity (Wildman–Crippen MR) is 165 cm³/mol. The molecule has 0 spiro atoms. The van der Waals surface area contributed by atoms with Crippen LogP contribution in [0, 0.1) is 11.3 Å². The Hall–Kier alpha value is -4.32. The number of fused-ring (bicyclic) bond motifs is 1. The zero-order chi connectivity index (χ0) is 28.1. The molecule has 0 aliphatic carbocycles. The number of thiophene rings is 1. The number of nitrogens with zero attached hydrogens (tertiary/aromatic N) is 1. The highest BCUT2D eigenvalue weighted by Crippen LogP contribution is 2.44. The van der Waals surface area contributed by atoms with Gasteiger partial charge < -0.3 is 16.0 Å². The molecule has 1 atom stereocenters. The van der Waals surface area contributed by atoms with Crippen molar-refractivity contribution >= 4 is 56.4 Å². The number of aryl methyl sites for hydroxylation is 1. The van der Waals surface area contributed by atoms with Gasteiger partial charge in [-0.3, -0.25) is 9.59 Å². The van der Waals surface area contributed by atoms with Crippen molar-refractivity contribution in [2.24, 2.45) is 0 Å². The smallest absolute Gasteiger partial charge is 0.254 e. The van der Waals surface area contributed by atoms with Crippen LogP contribution in [-0.4, -0.2) is 17.6 Å². The summed E-state index contributed by atoms with van der Waals surface area (Å²) >= 11 is 2.84. The van der Waals surface area contributed by atoms with Crippen LogP contribution in [0.15, 0.2) is 107 Å². The highest BCUT2D eigenvalue weighted by molar-refractivity contribution is 8.03. The van der Waals surface area contributed by atoms with Crippen LogP contribution in [0.25, 0.3) is 10.1 Å². The Labute approximate surface area is 241 Å². The fourth-order valence-electron chi connectivity index (χ4n) is 4.68. The molecule has 0 bridgehead atoms. The van der Waals surface area contributed by atoms with Gasteiger partial charge in [0.25, 0.3) is 5.91 Å². The lowest BCUT2D eigenvalue weighted by Crippen LogP contribution is -2.30. The first-order chi connectivity index (χ1) is 19.5. The third-order valence-corrected chi connectivity index (χ3v) is 8.82. The number of carbonyl (C=O) groups excluding carboxylic acids is 2. The second kappa shape index (κ2) is 12.2. The lowest BCUT2D eigenvalue weighted by atomic mass is 9.86. The number of benzene rings is 3. The van der Waals surface area contributed by atoms with E-state index in [0.29, 0.717) is 27.6 Å². The average Bonchev–Trinajstić information content (AvgIpc) is 3.40. The van der Waals surface area contributed by atoms with Crippen LogP contribution < -0.4 is 16.0 Å². The van der Waals surface area contributed by atoms with Crippen molar-refractivity contribution in [1.82, 2.24) is 5.32 Å². The number of thioether (sulfide) groups is 1. The monoisotopic (exact) mass is 564 g/mol. The van der Waals surface area contributed by atoms with Crippen LogP contribution in [0.2, 0.25) is 0 Å². The van der Waals surface area contributed by atoms with E-state index in [-0.39, 0.29) is 17.6 Å². The van der Waals surface area contributed by atoms with Crippen LogP contribution in [0.5, 0.6) is 0 Å². The van der Waals surface area contributed by atoms with Gasteiger partial charge >= 0.3 is 0 Å². The van der Waals surface area contributed by atoms with Gasteiger partial charge in [-0.1, -0.05) is 67.2 Å². The second-order valence-corrected chi connectivity index (χ2v) is 11.4. The molecule has 4 aromatic rings. The molecule has 8 heteroatoms. The zero-order valence-corrected chi connectivity index (χ0v) is 23.8. The lowest BCUT2D eigenvalue weighted by molar-refractivity contribution is -0.114. The van der Waals surface area contributed by atoms with Gasteiger partial charge in [-0.2, -0.15) is 5.26 Å². The Morgan fingerprint density at radius 2 is 1.73 bits per heavy atom. The topological polar surface area (TPSA) is 94.0 Å². The molecule has 1 aliphatic rings. The number of anilines is 2. The number of allylic oxidation sites excluding steroid dienone is 2. The Kier molecular flexibility index (Phi) is 8.34. The summed E-state index contributed by atoms with van der Waals surface area (Å²) in [4.78, 5) is 27.4. The number of carbonyl (C=O) groups is 2. The highest BCUT2D eigenvalue weighted by Gasteiger charge is 2.36. The molecule has 0 saturated carbocycles. The van der Waals surface area contributed by atoms with Crippen molar-refractivity contribution in [3.63, 3.8) is 0 Å². The minimum atomic E-state index is -0.570. The van der Waals surface area contributed by atoms with Crippen molar-refractivity contribution in [2.75, 3.05) is 16.4 Å². The molecule has 3 N–H and O–H groups in total. The van der Waals surface area contributed by atoms with Gasteiger partial charge in [0.15, 0.2) is 0 Å². The molecule has 1 aromatic heterocycles. The number of amides is 2. The van der Waals surface area contributed by atoms with E-state index in [9.17, 15) is 14.9 Å². The SMILES string of the molecule is CCc1cccc(NC(=O)CSC2=C(C#N)C(c3cc4ccccc4s3)C(C(=O)Nc3ccccc3)=C(C)N2)c1. The molecule has 3 aromatic carbocycles. The van der Waals surface area contributed by atoms with E-state index in [2.05, 4.69) is 28.9 Å².